The minimum atomic E-state index is -0.585. The van der Waals surface area contributed by atoms with Crippen LogP contribution in [-0.4, -0.2) is 40.3 Å². The number of aliphatic hydroxyl groups is 1. The van der Waals surface area contributed by atoms with Gasteiger partial charge in [-0.3, -0.25) is 0 Å². The van der Waals surface area contributed by atoms with Gasteiger partial charge in [-0.25, -0.2) is 4.98 Å². The second-order valence-electron chi connectivity index (χ2n) is 4.46. The van der Waals surface area contributed by atoms with Crippen molar-refractivity contribution in [1.29, 1.82) is 0 Å². The fourth-order valence-electron chi connectivity index (χ4n) is 1.87. The minimum Gasteiger partial charge on any atom is -0.495 e. The Kier molecular flexibility index (Phi) is 5.26. The van der Waals surface area contributed by atoms with Gasteiger partial charge in [-0.2, -0.15) is 0 Å². The highest BCUT2D eigenvalue weighted by Crippen LogP contribution is 2.25. The normalized spacial score (nSPS) is 12.2. The van der Waals surface area contributed by atoms with E-state index in [2.05, 4.69) is 10.3 Å². The van der Waals surface area contributed by atoms with Gasteiger partial charge >= 0.3 is 0 Å². The first kappa shape index (κ1) is 14.7. The Morgan fingerprint density at radius 1 is 1.50 bits per heavy atom. The highest BCUT2D eigenvalue weighted by Gasteiger charge is 2.07. The largest absolute Gasteiger partial charge is 0.495 e. The number of alkyl halides is 1. The molecule has 0 fully saturated rings. The van der Waals surface area contributed by atoms with Crippen molar-refractivity contribution in [3.8, 4) is 5.75 Å². The van der Waals surface area contributed by atoms with Crippen LogP contribution in [0, 0.1) is 0 Å². The maximum Gasteiger partial charge on any atom is 0.141 e. The number of nitrogens with one attached hydrogen (secondary N) is 1. The number of rotatable bonds is 7. The Hall–Kier alpha value is -1.72. The van der Waals surface area contributed by atoms with Crippen molar-refractivity contribution in [1.82, 2.24) is 9.55 Å². The monoisotopic (exact) mass is 295 g/mol. The molecule has 0 spiro atoms. The Morgan fingerprint density at radius 3 is 3.00 bits per heavy atom. The molecule has 0 aliphatic rings. The van der Waals surface area contributed by atoms with Crippen molar-refractivity contribution in [3.63, 3.8) is 0 Å². The van der Waals surface area contributed by atoms with Crippen LogP contribution in [-0.2, 0) is 6.54 Å². The lowest BCUT2D eigenvalue weighted by Gasteiger charge is -2.15. The van der Waals surface area contributed by atoms with Gasteiger partial charge in [0.2, 0.25) is 0 Å². The van der Waals surface area contributed by atoms with Gasteiger partial charge < -0.3 is 19.7 Å². The van der Waals surface area contributed by atoms with Gasteiger partial charge in [-0.05, 0) is 17.7 Å². The van der Waals surface area contributed by atoms with Crippen LogP contribution in [0.1, 0.15) is 5.56 Å². The molecule has 1 heterocycles. The number of hydrogen-bond acceptors (Lipinski definition) is 4. The average Bonchev–Trinajstić information content (AvgIpc) is 2.97. The molecule has 0 amide bonds. The molecule has 0 saturated carbocycles. The topological polar surface area (TPSA) is 59.3 Å². The second kappa shape index (κ2) is 7.17. The number of halogens is 1. The van der Waals surface area contributed by atoms with Crippen LogP contribution in [0.4, 0.5) is 5.69 Å². The molecular formula is C14H18ClN3O2. The summed E-state index contributed by atoms with van der Waals surface area (Å²) in [6.07, 6.45) is 4.85. The third-order valence-corrected chi connectivity index (χ3v) is 3.25. The molecule has 1 unspecified atom stereocenters. The molecule has 6 heteroatoms. The zero-order valence-corrected chi connectivity index (χ0v) is 12.0. The molecule has 2 aromatic rings. The lowest BCUT2D eigenvalue weighted by molar-refractivity contribution is 0.211. The smallest absolute Gasteiger partial charge is 0.141 e. The summed E-state index contributed by atoms with van der Waals surface area (Å²) in [5, 5.41) is 12.7. The Bertz CT molecular complexity index is 531. The van der Waals surface area contributed by atoms with E-state index in [1.54, 1.807) is 19.6 Å². The van der Waals surface area contributed by atoms with E-state index >= 15 is 0 Å². The first-order valence-corrected chi connectivity index (χ1v) is 6.87. The predicted molar refractivity (Wildman–Crippen MR) is 79.5 cm³/mol. The molecule has 2 N–H and O–H groups in total. The third-order valence-electron chi connectivity index (χ3n) is 2.89. The van der Waals surface area contributed by atoms with Crippen molar-refractivity contribution >= 4 is 17.3 Å². The van der Waals surface area contributed by atoms with E-state index in [0.29, 0.717) is 6.54 Å². The molecule has 5 nitrogen and oxygen atoms in total. The number of methoxy groups -OCH3 is 1. The molecule has 1 aromatic carbocycles. The predicted octanol–water partition coefficient (Wildman–Crippen LogP) is 1.95. The third kappa shape index (κ3) is 3.88. The highest BCUT2D eigenvalue weighted by molar-refractivity contribution is 6.18. The van der Waals surface area contributed by atoms with Crippen molar-refractivity contribution in [2.75, 3.05) is 24.9 Å². The molecule has 0 saturated heterocycles. The summed E-state index contributed by atoms with van der Waals surface area (Å²) in [6, 6.07) is 5.91. The van der Waals surface area contributed by atoms with Gasteiger partial charge in [0.25, 0.3) is 0 Å². The zero-order valence-electron chi connectivity index (χ0n) is 11.3. The van der Waals surface area contributed by atoms with E-state index in [1.165, 1.54) is 0 Å². The molecule has 0 bridgehead atoms. The maximum absolute atomic E-state index is 9.51. The standard InChI is InChI=1S/C14H18ClN3O2/c1-20-14-3-2-11(9-18-5-4-16-10-18)6-13(14)17-8-12(19)7-15/h2-6,10,12,17,19H,7-9H2,1H3. The van der Waals surface area contributed by atoms with E-state index in [1.807, 2.05) is 29.0 Å². The maximum atomic E-state index is 9.51. The fourth-order valence-corrected chi connectivity index (χ4v) is 1.97. The van der Waals surface area contributed by atoms with E-state index in [9.17, 15) is 5.11 Å². The molecule has 1 aromatic heterocycles. The van der Waals surface area contributed by atoms with Crippen LogP contribution in [0.2, 0.25) is 0 Å². The van der Waals surface area contributed by atoms with Crippen molar-refractivity contribution < 1.29 is 9.84 Å². The van der Waals surface area contributed by atoms with Gasteiger partial charge in [-0.15, -0.1) is 11.6 Å². The summed E-state index contributed by atoms with van der Waals surface area (Å²) >= 11 is 5.59. The Balaban J connectivity index is 2.11. The number of benzene rings is 1. The molecule has 0 aliphatic heterocycles. The first-order valence-electron chi connectivity index (χ1n) is 6.33. The summed E-state index contributed by atoms with van der Waals surface area (Å²) < 4.78 is 7.29. The lowest BCUT2D eigenvalue weighted by atomic mass is 10.1. The van der Waals surface area contributed by atoms with Crippen LogP contribution in [0.15, 0.2) is 36.9 Å². The van der Waals surface area contributed by atoms with Gasteiger partial charge in [-0.1, -0.05) is 6.07 Å². The number of nitrogens with zero attached hydrogens (tertiary/aromatic N) is 2. The molecule has 0 aliphatic carbocycles. The van der Waals surface area contributed by atoms with E-state index in [0.717, 1.165) is 23.5 Å². The number of hydrogen-bond donors (Lipinski definition) is 2. The number of anilines is 1. The quantitative estimate of drug-likeness (QED) is 0.767. The number of aromatic nitrogens is 2. The van der Waals surface area contributed by atoms with E-state index < -0.39 is 6.10 Å². The van der Waals surface area contributed by atoms with Crippen LogP contribution in [0.5, 0.6) is 5.75 Å². The van der Waals surface area contributed by atoms with Crippen molar-refractivity contribution in [3.05, 3.63) is 42.5 Å². The van der Waals surface area contributed by atoms with Gasteiger partial charge in [0, 0.05) is 25.5 Å². The number of aliphatic hydroxyl groups excluding tert-OH is 1. The summed E-state index contributed by atoms with van der Waals surface area (Å²) in [5.41, 5.74) is 1.96. The summed E-state index contributed by atoms with van der Waals surface area (Å²) in [4.78, 5) is 4.02. The van der Waals surface area contributed by atoms with E-state index in [4.69, 9.17) is 16.3 Å². The molecule has 0 radical (unpaired) electrons. The molecule has 108 valence electrons. The molecular weight excluding hydrogens is 278 g/mol. The SMILES string of the molecule is COc1ccc(Cn2ccnc2)cc1NCC(O)CCl. The van der Waals surface area contributed by atoms with Crippen LogP contribution >= 0.6 is 11.6 Å². The minimum absolute atomic E-state index is 0.198. The molecule has 2 rings (SSSR count). The van der Waals surface area contributed by atoms with Gasteiger partial charge in [0.05, 0.1) is 31.1 Å². The van der Waals surface area contributed by atoms with Crippen molar-refractivity contribution in [2.45, 2.75) is 12.6 Å². The van der Waals surface area contributed by atoms with Crippen LogP contribution < -0.4 is 10.1 Å². The van der Waals surface area contributed by atoms with E-state index in [-0.39, 0.29) is 5.88 Å². The summed E-state index contributed by atoms with van der Waals surface area (Å²) in [6.45, 7) is 1.12. The van der Waals surface area contributed by atoms with Crippen molar-refractivity contribution in [2.24, 2.45) is 0 Å². The highest BCUT2D eigenvalue weighted by atomic mass is 35.5. The number of imidazole rings is 1. The van der Waals surface area contributed by atoms with Gasteiger partial charge in [0.1, 0.15) is 5.75 Å². The summed E-state index contributed by atoms with van der Waals surface area (Å²) in [5.74, 6) is 0.936. The summed E-state index contributed by atoms with van der Waals surface area (Å²) in [7, 11) is 1.62. The molecule has 20 heavy (non-hydrogen) atoms. The Labute approximate surface area is 123 Å². The number of ether oxygens (including phenoxy) is 1. The average molecular weight is 296 g/mol. The van der Waals surface area contributed by atoms with Crippen LogP contribution in [0.3, 0.4) is 0 Å². The van der Waals surface area contributed by atoms with Crippen LogP contribution in [0.25, 0.3) is 0 Å². The zero-order chi connectivity index (χ0) is 14.4. The lowest BCUT2D eigenvalue weighted by Crippen LogP contribution is -2.21. The Morgan fingerprint density at radius 2 is 2.35 bits per heavy atom. The first-order chi connectivity index (χ1) is 9.72. The van der Waals surface area contributed by atoms with Gasteiger partial charge in [0.15, 0.2) is 0 Å². The second-order valence-corrected chi connectivity index (χ2v) is 4.77. The molecule has 1 atom stereocenters. The fraction of sp³-hybridized carbons (Fsp3) is 0.357.